The molecule has 1 saturated heterocycles. The first-order valence-corrected chi connectivity index (χ1v) is 8.86. The SMILES string of the molecule is C[C@H](NC(=O)C[C@@H]1CCc2ccccc2C1)C(=O)N1CCOCC1. The molecule has 3 rings (SSSR count). The summed E-state index contributed by atoms with van der Waals surface area (Å²) in [5.41, 5.74) is 2.77. The van der Waals surface area contributed by atoms with E-state index in [1.54, 1.807) is 11.8 Å². The molecule has 130 valence electrons. The van der Waals surface area contributed by atoms with E-state index in [-0.39, 0.29) is 11.8 Å². The number of benzene rings is 1. The smallest absolute Gasteiger partial charge is 0.245 e. The Morgan fingerprint density at radius 1 is 1.25 bits per heavy atom. The minimum Gasteiger partial charge on any atom is -0.378 e. The fraction of sp³-hybridized carbons (Fsp3) is 0.579. The number of amides is 2. The van der Waals surface area contributed by atoms with E-state index in [4.69, 9.17) is 4.74 Å². The van der Waals surface area contributed by atoms with Gasteiger partial charge < -0.3 is 15.0 Å². The largest absolute Gasteiger partial charge is 0.378 e. The lowest BCUT2D eigenvalue weighted by Crippen LogP contribution is -2.50. The van der Waals surface area contributed by atoms with E-state index in [0.717, 1.165) is 19.3 Å². The topological polar surface area (TPSA) is 58.6 Å². The van der Waals surface area contributed by atoms with Gasteiger partial charge in [-0.1, -0.05) is 24.3 Å². The lowest BCUT2D eigenvalue weighted by molar-refractivity contribution is -0.139. The van der Waals surface area contributed by atoms with Crippen LogP contribution in [0.1, 0.15) is 30.9 Å². The third-order valence-electron chi connectivity index (χ3n) is 4.99. The summed E-state index contributed by atoms with van der Waals surface area (Å²) in [6.07, 6.45) is 3.52. The van der Waals surface area contributed by atoms with Gasteiger partial charge in [0.05, 0.1) is 13.2 Å². The molecule has 1 N–H and O–H groups in total. The summed E-state index contributed by atoms with van der Waals surface area (Å²) in [5, 5.41) is 2.88. The average molecular weight is 330 g/mol. The number of aryl methyl sites for hydroxylation is 1. The number of rotatable bonds is 4. The summed E-state index contributed by atoms with van der Waals surface area (Å²) in [4.78, 5) is 26.4. The van der Waals surface area contributed by atoms with Crippen LogP contribution in [0.25, 0.3) is 0 Å². The lowest BCUT2D eigenvalue weighted by Gasteiger charge is -2.30. The van der Waals surface area contributed by atoms with Crippen molar-refractivity contribution in [3.63, 3.8) is 0 Å². The Balaban J connectivity index is 1.48. The van der Waals surface area contributed by atoms with Crippen molar-refractivity contribution in [1.82, 2.24) is 10.2 Å². The van der Waals surface area contributed by atoms with Crippen LogP contribution >= 0.6 is 0 Å². The minimum atomic E-state index is -0.466. The number of ether oxygens (including phenoxy) is 1. The van der Waals surface area contributed by atoms with Gasteiger partial charge >= 0.3 is 0 Å². The number of carbonyl (C=O) groups is 2. The average Bonchev–Trinajstić information content (AvgIpc) is 2.61. The zero-order valence-electron chi connectivity index (χ0n) is 14.3. The van der Waals surface area contributed by atoms with Gasteiger partial charge in [-0.3, -0.25) is 9.59 Å². The Kier molecular flexibility index (Phi) is 5.51. The van der Waals surface area contributed by atoms with Crippen molar-refractivity contribution in [1.29, 1.82) is 0 Å². The Morgan fingerprint density at radius 2 is 1.96 bits per heavy atom. The third-order valence-corrected chi connectivity index (χ3v) is 4.99. The standard InChI is InChI=1S/C19H26N2O3/c1-14(19(23)21-8-10-24-11-9-21)20-18(22)13-15-6-7-16-4-2-3-5-17(16)12-15/h2-5,14-15H,6-13H2,1H3,(H,20,22)/t14-,15+/m0/s1. The van der Waals surface area contributed by atoms with Gasteiger partial charge in [0.1, 0.15) is 6.04 Å². The van der Waals surface area contributed by atoms with Crippen LogP contribution in [0.4, 0.5) is 0 Å². The molecule has 0 radical (unpaired) electrons. The van der Waals surface area contributed by atoms with Crippen LogP contribution < -0.4 is 5.32 Å². The number of nitrogens with zero attached hydrogens (tertiary/aromatic N) is 1. The van der Waals surface area contributed by atoms with E-state index < -0.39 is 6.04 Å². The van der Waals surface area contributed by atoms with Gasteiger partial charge in [0.2, 0.25) is 11.8 Å². The molecule has 2 amide bonds. The molecule has 1 aromatic rings. The van der Waals surface area contributed by atoms with Gasteiger partial charge in [0.25, 0.3) is 0 Å². The maximum atomic E-state index is 12.3. The van der Waals surface area contributed by atoms with Crippen LogP contribution in [0.3, 0.4) is 0 Å². The van der Waals surface area contributed by atoms with Gasteiger partial charge in [0.15, 0.2) is 0 Å². The zero-order chi connectivity index (χ0) is 16.9. The molecule has 2 atom stereocenters. The fourth-order valence-corrected chi connectivity index (χ4v) is 3.63. The molecule has 1 heterocycles. The van der Waals surface area contributed by atoms with Crippen molar-refractivity contribution in [3.8, 4) is 0 Å². The van der Waals surface area contributed by atoms with Crippen LogP contribution in [-0.2, 0) is 27.2 Å². The van der Waals surface area contributed by atoms with Crippen molar-refractivity contribution in [2.45, 2.75) is 38.6 Å². The summed E-state index contributed by atoms with van der Waals surface area (Å²) in [7, 11) is 0. The molecule has 0 saturated carbocycles. The number of morpholine rings is 1. The van der Waals surface area contributed by atoms with Gasteiger partial charge in [-0.2, -0.15) is 0 Å². The number of hydrogen-bond donors (Lipinski definition) is 1. The van der Waals surface area contributed by atoms with Crippen molar-refractivity contribution < 1.29 is 14.3 Å². The summed E-state index contributed by atoms with van der Waals surface area (Å²) >= 11 is 0. The fourth-order valence-electron chi connectivity index (χ4n) is 3.63. The predicted molar refractivity (Wildman–Crippen MR) is 91.6 cm³/mol. The van der Waals surface area contributed by atoms with E-state index in [1.807, 2.05) is 0 Å². The molecule has 1 aliphatic heterocycles. The van der Waals surface area contributed by atoms with Gasteiger partial charge in [-0.05, 0) is 43.2 Å². The predicted octanol–water partition coefficient (Wildman–Crippen LogP) is 1.55. The first-order valence-electron chi connectivity index (χ1n) is 8.86. The summed E-state index contributed by atoms with van der Waals surface area (Å²) in [6.45, 7) is 4.14. The molecule has 0 bridgehead atoms. The van der Waals surface area contributed by atoms with Crippen LogP contribution in [0.5, 0.6) is 0 Å². The van der Waals surface area contributed by atoms with E-state index in [2.05, 4.69) is 29.6 Å². The molecular formula is C19H26N2O3. The Hall–Kier alpha value is -1.88. The van der Waals surface area contributed by atoms with Crippen LogP contribution in [0, 0.1) is 5.92 Å². The van der Waals surface area contributed by atoms with E-state index >= 15 is 0 Å². The molecule has 1 fully saturated rings. The molecule has 0 spiro atoms. The second-order valence-electron chi connectivity index (χ2n) is 6.81. The van der Waals surface area contributed by atoms with Crippen molar-refractivity contribution in [2.75, 3.05) is 26.3 Å². The van der Waals surface area contributed by atoms with Crippen molar-refractivity contribution >= 4 is 11.8 Å². The zero-order valence-corrected chi connectivity index (χ0v) is 14.3. The van der Waals surface area contributed by atoms with Crippen LogP contribution in [0.2, 0.25) is 0 Å². The number of hydrogen-bond acceptors (Lipinski definition) is 3. The molecule has 1 aliphatic carbocycles. The molecule has 24 heavy (non-hydrogen) atoms. The Labute approximate surface area is 143 Å². The van der Waals surface area contributed by atoms with Crippen LogP contribution in [0.15, 0.2) is 24.3 Å². The van der Waals surface area contributed by atoms with Crippen molar-refractivity contribution in [3.05, 3.63) is 35.4 Å². The second-order valence-corrected chi connectivity index (χ2v) is 6.81. The highest BCUT2D eigenvalue weighted by molar-refractivity contribution is 5.87. The van der Waals surface area contributed by atoms with Gasteiger partial charge in [-0.15, -0.1) is 0 Å². The molecule has 1 aromatic carbocycles. The highest BCUT2D eigenvalue weighted by Gasteiger charge is 2.25. The van der Waals surface area contributed by atoms with Crippen molar-refractivity contribution in [2.24, 2.45) is 5.92 Å². The van der Waals surface area contributed by atoms with E-state index in [0.29, 0.717) is 38.6 Å². The highest BCUT2D eigenvalue weighted by atomic mass is 16.5. The van der Waals surface area contributed by atoms with E-state index in [1.165, 1.54) is 11.1 Å². The lowest BCUT2D eigenvalue weighted by atomic mass is 9.82. The molecule has 5 heteroatoms. The number of nitrogens with one attached hydrogen (secondary N) is 1. The Morgan fingerprint density at radius 3 is 2.71 bits per heavy atom. The maximum absolute atomic E-state index is 12.3. The number of fused-ring (bicyclic) bond motifs is 1. The summed E-state index contributed by atoms with van der Waals surface area (Å²) in [5.74, 6) is 0.333. The normalized spacial score (nSPS) is 21.7. The first-order chi connectivity index (χ1) is 11.6. The highest BCUT2D eigenvalue weighted by Crippen LogP contribution is 2.27. The third kappa shape index (κ3) is 4.15. The minimum absolute atomic E-state index is 0.0133. The van der Waals surface area contributed by atoms with Gasteiger partial charge in [-0.25, -0.2) is 0 Å². The molecule has 5 nitrogen and oxygen atoms in total. The second kappa shape index (κ2) is 7.79. The molecule has 2 aliphatic rings. The molecule has 0 unspecified atom stereocenters. The first kappa shape index (κ1) is 17.0. The number of carbonyl (C=O) groups excluding carboxylic acids is 2. The Bertz CT molecular complexity index is 596. The maximum Gasteiger partial charge on any atom is 0.245 e. The molecule has 0 aromatic heterocycles. The summed E-state index contributed by atoms with van der Waals surface area (Å²) < 4.78 is 5.26. The monoisotopic (exact) mass is 330 g/mol. The van der Waals surface area contributed by atoms with E-state index in [9.17, 15) is 9.59 Å². The van der Waals surface area contributed by atoms with Gasteiger partial charge in [0, 0.05) is 19.5 Å². The molecular weight excluding hydrogens is 304 g/mol. The summed E-state index contributed by atoms with van der Waals surface area (Å²) in [6, 6.07) is 8.00. The quantitative estimate of drug-likeness (QED) is 0.911. The van der Waals surface area contributed by atoms with Crippen LogP contribution in [-0.4, -0.2) is 49.1 Å².